The van der Waals surface area contributed by atoms with E-state index in [1.165, 1.54) is 9.80 Å². The van der Waals surface area contributed by atoms with E-state index in [2.05, 4.69) is 0 Å². The maximum absolute atomic E-state index is 12.5. The van der Waals surface area contributed by atoms with Gasteiger partial charge in [0.05, 0.1) is 18.2 Å². The molecule has 1 heterocycles. The lowest BCUT2D eigenvalue weighted by Crippen LogP contribution is -2.47. The Hall–Kier alpha value is -3.01. The van der Waals surface area contributed by atoms with Crippen molar-refractivity contribution in [2.24, 2.45) is 0 Å². The Morgan fingerprint density at radius 3 is 2.48 bits per heavy atom. The van der Waals surface area contributed by atoms with E-state index < -0.39 is 12.0 Å². The molecule has 1 aromatic rings. The van der Waals surface area contributed by atoms with E-state index in [1.807, 2.05) is 6.07 Å². The van der Waals surface area contributed by atoms with Crippen LogP contribution in [0.5, 0.6) is 5.75 Å². The number of hydrogen-bond acceptors (Lipinski definition) is 5. The largest absolute Gasteiger partial charge is 0.479 e. The molecule has 0 spiro atoms. The fourth-order valence-electron chi connectivity index (χ4n) is 2.78. The molecule has 2 rings (SSSR count). The van der Waals surface area contributed by atoms with Crippen molar-refractivity contribution in [3.63, 3.8) is 0 Å². The first kappa shape index (κ1) is 18.3. The Kier molecular flexibility index (Phi) is 5.65. The molecular weight excluding hydrogens is 322 g/mol. The normalized spacial score (nSPS) is 17.4. The quantitative estimate of drug-likeness (QED) is 0.767. The highest BCUT2D eigenvalue weighted by molar-refractivity contribution is 5.94. The Balaban J connectivity index is 2.45. The van der Waals surface area contributed by atoms with E-state index in [0.29, 0.717) is 17.0 Å². The highest BCUT2D eigenvalue weighted by atomic mass is 16.5. The van der Waals surface area contributed by atoms with Crippen molar-refractivity contribution in [1.82, 2.24) is 9.80 Å². The molecule has 25 heavy (non-hydrogen) atoms. The van der Waals surface area contributed by atoms with Gasteiger partial charge in [-0.2, -0.15) is 5.26 Å². The fourth-order valence-corrected chi connectivity index (χ4v) is 2.78. The number of hydrogen-bond donors (Lipinski definition) is 0. The van der Waals surface area contributed by atoms with E-state index in [9.17, 15) is 9.59 Å². The van der Waals surface area contributed by atoms with E-state index in [0.717, 1.165) is 5.56 Å². The van der Waals surface area contributed by atoms with Crippen LogP contribution in [0.1, 0.15) is 25.5 Å². The Labute approximate surface area is 147 Å². The summed E-state index contributed by atoms with van der Waals surface area (Å²) in [7, 11) is 3.28. The molecule has 2 amide bonds. The number of carbonyl (C=O) groups is 2. The van der Waals surface area contributed by atoms with Gasteiger partial charge in [0.25, 0.3) is 0 Å². The molecule has 1 aliphatic heterocycles. The molecular formula is C18H21N3O4. The summed E-state index contributed by atoms with van der Waals surface area (Å²) in [5, 5.41) is 8.57. The second-order valence-corrected chi connectivity index (χ2v) is 5.59. The molecule has 7 heteroatoms. The Bertz CT molecular complexity index is 734. The molecule has 7 nitrogen and oxygen atoms in total. The van der Waals surface area contributed by atoms with Crippen molar-refractivity contribution in [3.05, 3.63) is 41.1 Å². The van der Waals surface area contributed by atoms with E-state index in [4.69, 9.17) is 14.7 Å². The molecule has 0 bridgehead atoms. The van der Waals surface area contributed by atoms with Crippen molar-refractivity contribution >= 4 is 12.0 Å². The summed E-state index contributed by atoms with van der Waals surface area (Å²) < 4.78 is 10.4. The van der Waals surface area contributed by atoms with E-state index in [-0.39, 0.29) is 19.2 Å². The monoisotopic (exact) mass is 343 g/mol. The summed E-state index contributed by atoms with van der Waals surface area (Å²) in [4.78, 5) is 27.9. The Morgan fingerprint density at radius 2 is 1.92 bits per heavy atom. The summed E-state index contributed by atoms with van der Waals surface area (Å²) in [6, 6.07) is 8.12. The van der Waals surface area contributed by atoms with Gasteiger partial charge in [-0.15, -0.1) is 0 Å². The van der Waals surface area contributed by atoms with Crippen molar-refractivity contribution in [2.75, 3.05) is 27.3 Å². The molecule has 1 aromatic carbocycles. The van der Waals surface area contributed by atoms with Gasteiger partial charge >= 0.3 is 12.0 Å². The van der Waals surface area contributed by atoms with Crippen molar-refractivity contribution < 1.29 is 19.1 Å². The molecule has 1 atom stereocenters. The lowest BCUT2D eigenvalue weighted by Gasteiger charge is -2.39. The third-order valence-corrected chi connectivity index (χ3v) is 4.14. The van der Waals surface area contributed by atoms with Crippen molar-refractivity contribution in [2.45, 2.75) is 19.9 Å². The van der Waals surface area contributed by atoms with Crippen LogP contribution in [0.3, 0.4) is 0 Å². The number of nitrogens with zero attached hydrogens (tertiary/aromatic N) is 3. The van der Waals surface area contributed by atoms with Crippen LogP contribution >= 0.6 is 0 Å². The van der Waals surface area contributed by atoms with Gasteiger partial charge in [-0.3, -0.25) is 0 Å². The second kappa shape index (κ2) is 7.71. The lowest BCUT2D eigenvalue weighted by molar-refractivity contribution is -0.139. The minimum atomic E-state index is -0.548. The lowest BCUT2D eigenvalue weighted by atomic mass is 9.93. The first-order valence-electron chi connectivity index (χ1n) is 7.90. The SMILES string of the molecule is CCOC(=O)C1=C(C)N(C)C(=O)N(C)[C@@H]1c1ccc(OCC#N)cc1. The molecule has 0 unspecified atom stereocenters. The smallest absolute Gasteiger partial charge is 0.338 e. The topological polar surface area (TPSA) is 82.9 Å². The highest BCUT2D eigenvalue weighted by Gasteiger charge is 2.39. The van der Waals surface area contributed by atoms with Crippen LogP contribution in [0.4, 0.5) is 4.79 Å². The summed E-state index contributed by atoms with van der Waals surface area (Å²) in [6.45, 7) is 3.68. The van der Waals surface area contributed by atoms with Crippen molar-refractivity contribution in [3.8, 4) is 11.8 Å². The summed E-state index contributed by atoms with van der Waals surface area (Å²) in [6.07, 6.45) is 0. The van der Waals surface area contributed by atoms with Gasteiger partial charge in [0.1, 0.15) is 11.8 Å². The number of urea groups is 1. The zero-order valence-corrected chi connectivity index (χ0v) is 14.8. The summed E-state index contributed by atoms with van der Waals surface area (Å²) in [5.74, 6) is 0.103. The van der Waals surface area contributed by atoms with Gasteiger partial charge in [0, 0.05) is 19.8 Å². The second-order valence-electron chi connectivity index (χ2n) is 5.59. The van der Waals surface area contributed by atoms with Gasteiger partial charge in [-0.05, 0) is 31.5 Å². The van der Waals surface area contributed by atoms with Gasteiger partial charge < -0.3 is 19.3 Å². The standard InChI is InChI=1S/C18H21N3O4/c1-5-24-17(22)15-12(2)20(3)18(23)21(4)16(15)13-6-8-14(9-7-13)25-11-10-19/h6-9,16H,5,11H2,1-4H3/t16-/m1/s1. The minimum Gasteiger partial charge on any atom is -0.479 e. The van der Waals surface area contributed by atoms with Crippen molar-refractivity contribution in [1.29, 1.82) is 5.26 Å². The molecule has 0 fully saturated rings. The number of rotatable bonds is 5. The molecule has 0 N–H and O–H groups in total. The number of likely N-dealkylation sites (N-methyl/N-ethyl adjacent to an activating group) is 1. The number of benzene rings is 1. The van der Waals surface area contributed by atoms with Crippen LogP contribution in [0.25, 0.3) is 0 Å². The van der Waals surface area contributed by atoms with Crippen LogP contribution in [0.2, 0.25) is 0 Å². The number of esters is 1. The third kappa shape index (κ3) is 3.58. The van der Waals surface area contributed by atoms with Gasteiger partial charge in [-0.1, -0.05) is 12.1 Å². The highest BCUT2D eigenvalue weighted by Crippen LogP contribution is 2.36. The van der Waals surface area contributed by atoms with Crippen LogP contribution in [0, 0.1) is 11.3 Å². The van der Waals surface area contributed by atoms with Crippen LogP contribution in [0.15, 0.2) is 35.5 Å². The molecule has 0 saturated heterocycles. The maximum Gasteiger partial charge on any atom is 0.338 e. The van der Waals surface area contributed by atoms with Crippen LogP contribution in [-0.4, -0.2) is 49.1 Å². The number of carbonyl (C=O) groups excluding carboxylic acids is 2. The summed E-state index contributed by atoms with van der Waals surface area (Å²) >= 11 is 0. The molecule has 0 radical (unpaired) electrons. The fraction of sp³-hybridized carbons (Fsp3) is 0.389. The Morgan fingerprint density at radius 1 is 1.28 bits per heavy atom. The average molecular weight is 343 g/mol. The zero-order valence-electron chi connectivity index (χ0n) is 14.8. The minimum absolute atomic E-state index is 0.0426. The first-order chi connectivity index (χ1) is 11.9. The van der Waals surface area contributed by atoms with Gasteiger partial charge in [-0.25, -0.2) is 9.59 Å². The van der Waals surface area contributed by atoms with Crippen LogP contribution < -0.4 is 4.74 Å². The number of amides is 2. The number of ether oxygens (including phenoxy) is 2. The molecule has 0 saturated carbocycles. The van der Waals surface area contributed by atoms with Gasteiger partial charge in [0.15, 0.2) is 6.61 Å². The molecule has 0 aliphatic carbocycles. The summed E-state index contributed by atoms with van der Waals surface area (Å²) in [5.41, 5.74) is 1.75. The third-order valence-electron chi connectivity index (χ3n) is 4.14. The van der Waals surface area contributed by atoms with E-state index >= 15 is 0 Å². The predicted molar refractivity (Wildman–Crippen MR) is 90.5 cm³/mol. The van der Waals surface area contributed by atoms with Crippen LogP contribution in [-0.2, 0) is 9.53 Å². The average Bonchev–Trinajstić information content (AvgIpc) is 2.61. The predicted octanol–water partition coefficient (Wildman–Crippen LogP) is 2.46. The first-order valence-corrected chi connectivity index (χ1v) is 7.90. The molecule has 0 aromatic heterocycles. The number of allylic oxidation sites excluding steroid dienone is 1. The maximum atomic E-state index is 12.5. The van der Waals surface area contributed by atoms with E-state index in [1.54, 1.807) is 52.2 Å². The zero-order chi connectivity index (χ0) is 18.6. The van der Waals surface area contributed by atoms with Gasteiger partial charge in [0.2, 0.25) is 0 Å². The number of nitriles is 1. The molecule has 1 aliphatic rings. The molecule has 132 valence electrons.